The van der Waals surface area contributed by atoms with Gasteiger partial charge in [-0.1, -0.05) is 0 Å². The van der Waals surface area contributed by atoms with E-state index in [0.29, 0.717) is 16.0 Å². The molecule has 14 heteroatoms. The van der Waals surface area contributed by atoms with Gasteiger partial charge in [0, 0.05) is 51.3 Å². The van der Waals surface area contributed by atoms with Gasteiger partial charge in [-0.3, -0.25) is 29.3 Å². The summed E-state index contributed by atoms with van der Waals surface area (Å²) in [5.41, 5.74) is -0.586. The molecule has 0 aliphatic carbocycles. The highest BCUT2D eigenvalue weighted by molar-refractivity contribution is 6.09. The van der Waals surface area contributed by atoms with E-state index < -0.39 is 41.7 Å². The van der Waals surface area contributed by atoms with Crippen LogP contribution in [-0.2, 0) is 31.1 Å². The number of urea groups is 1. The van der Waals surface area contributed by atoms with Crippen LogP contribution in [0.5, 0.6) is 0 Å². The molecule has 0 atom stereocenters. The first-order valence-corrected chi connectivity index (χ1v) is 11.9. The fourth-order valence-electron chi connectivity index (χ4n) is 4.86. The number of nitrogens with zero attached hydrogens (tertiary/aromatic N) is 5. The molecule has 5 amide bonds. The maximum Gasteiger partial charge on any atom is 0.336 e. The number of carbonyl (C=O) groups excluding carboxylic acids is 5. The van der Waals surface area contributed by atoms with E-state index in [9.17, 15) is 29.1 Å². The molecule has 1 aromatic heterocycles. The maximum absolute atomic E-state index is 15.3. The van der Waals surface area contributed by atoms with E-state index >= 15 is 4.39 Å². The number of imide groups is 2. The summed E-state index contributed by atoms with van der Waals surface area (Å²) in [6.45, 7) is 0.595. The standard InChI is InChI=1S/C23H25FN6O7/c1-27-15-11-16(14(24)10-13(15)21(26-27)29-7-4-17(31)25-22(29)35)28-8-5-23(36,6-9-28)12-20(34)37-30-18(32)2-3-19(30)33/h10-11,36H,2-9,12H2,1H3,(H,25,31,35). The van der Waals surface area contributed by atoms with Crippen LogP contribution < -0.4 is 15.1 Å². The molecule has 4 heterocycles. The van der Waals surface area contributed by atoms with Crippen molar-refractivity contribution in [2.24, 2.45) is 7.05 Å². The molecule has 3 aliphatic rings. The zero-order valence-electron chi connectivity index (χ0n) is 20.0. The summed E-state index contributed by atoms with van der Waals surface area (Å²) in [5.74, 6) is -2.78. The van der Waals surface area contributed by atoms with Crippen molar-refractivity contribution in [1.29, 1.82) is 0 Å². The van der Waals surface area contributed by atoms with Gasteiger partial charge in [0.25, 0.3) is 11.8 Å². The highest BCUT2D eigenvalue weighted by atomic mass is 19.1. The molecular weight excluding hydrogens is 491 g/mol. The van der Waals surface area contributed by atoms with Gasteiger partial charge in [-0.05, 0) is 25.0 Å². The van der Waals surface area contributed by atoms with E-state index in [1.807, 2.05) is 0 Å². The van der Waals surface area contributed by atoms with E-state index in [2.05, 4.69) is 10.4 Å². The molecule has 5 rings (SSSR count). The number of benzene rings is 1. The van der Waals surface area contributed by atoms with Crippen LogP contribution in [0.3, 0.4) is 0 Å². The van der Waals surface area contributed by atoms with E-state index in [4.69, 9.17) is 4.84 Å². The number of nitrogens with one attached hydrogen (secondary N) is 1. The molecule has 3 saturated heterocycles. The Bertz CT molecular complexity index is 1320. The molecule has 0 spiro atoms. The second kappa shape index (κ2) is 9.10. The molecule has 0 bridgehead atoms. The van der Waals surface area contributed by atoms with Crippen LogP contribution in [0.2, 0.25) is 0 Å². The SMILES string of the molecule is Cn1nc(N2CCC(=O)NC2=O)c2cc(F)c(N3CCC(O)(CC(=O)ON4C(=O)CCC4=O)CC3)cc21. The Morgan fingerprint density at radius 2 is 1.78 bits per heavy atom. The summed E-state index contributed by atoms with van der Waals surface area (Å²) in [4.78, 5) is 67.2. The van der Waals surface area contributed by atoms with Crippen molar-refractivity contribution in [3.05, 3.63) is 17.9 Å². The van der Waals surface area contributed by atoms with Gasteiger partial charge in [0.1, 0.15) is 5.82 Å². The van der Waals surface area contributed by atoms with Crippen LogP contribution in [0.15, 0.2) is 12.1 Å². The fourth-order valence-corrected chi connectivity index (χ4v) is 4.86. The van der Waals surface area contributed by atoms with E-state index in [1.165, 1.54) is 15.6 Å². The second-order valence-electron chi connectivity index (χ2n) is 9.46. The van der Waals surface area contributed by atoms with Crippen LogP contribution in [0.25, 0.3) is 10.9 Å². The maximum atomic E-state index is 15.3. The third-order valence-corrected chi connectivity index (χ3v) is 6.92. The monoisotopic (exact) mass is 516 g/mol. The average molecular weight is 516 g/mol. The topological polar surface area (TPSA) is 154 Å². The average Bonchev–Trinajstić information content (AvgIpc) is 3.32. The lowest BCUT2D eigenvalue weighted by Crippen LogP contribution is -2.49. The largest absolute Gasteiger partial charge is 0.389 e. The van der Waals surface area contributed by atoms with Crippen LogP contribution in [0, 0.1) is 5.82 Å². The number of fused-ring (bicyclic) bond motifs is 1. The Hall–Kier alpha value is -4.07. The number of amides is 5. The number of hydroxylamine groups is 2. The van der Waals surface area contributed by atoms with Gasteiger partial charge in [-0.2, -0.15) is 5.10 Å². The lowest BCUT2D eigenvalue weighted by molar-refractivity contribution is -0.200. The van der Waals surface area contributed by atoms with Crippen molar-refractivity contribution in [3.8, 4) is 0 Å². The van der Waals surface area contributed by atoms with Crippen molar-refractivity contribution in [2.75, 3.05) is 29.4 Å². The van der Waals surface area contributed by atoms with Crippen LogP contribution >= 0.6 is 0 Å². The molecule has 37 heavy (non-hydrogen) atoms. The van der Waals surface area contributed by atoms with Crippen molar-refractivity contribution in [1.82, 2.24) is 20.2 Å². The lowest BCUT2D eigenvalue weighted by atomic mass is 9.88. The molecular formula is C23H25FN6O7. The van der Waals surface area contributed by atoms with Crippen LogP contribution in [0.1, 0.15) is 38.5 Å². The van der Waals surface area contributed by atoms with E-state index in [0.717, 1.165) is 0 Å². The zero-order valence-corrected chi connectivity index (χ0v) is 20.0. The number of rotatable bonds is 5. The van der Waals surface area contributed by atoms with Gasteiger partial charge in [-0.15, -0.1) is 5.06 Å². The highest BCUT2D eigenvalue weighted by Gasteiger charge is 2.39. The number of hydrogen-bond donors (Lipinski definition) is 2. The number of halogens is 1. The summed E-state index contributed by atoms with van der Waals surface area (Å²) >= 11 is 0. The summed E-state index contributed by atoms with van der Waals surface area (Å²) in [7, 11) is 1.66. The smallest absolute Gasteiger partial charge is 0.336 e. The van der Waals surface area contributed by atoms with Crippen molar-refractivity contribution >= 4 is 52.1 Å². The predicted octanol–water partition coefficient (Wildman–Crippen LogP) is 0.487. The number of carbonyl (C=O) groups is 5. The molecule has 3 aliphatic heterocycles. The van der Waals surface area contributed by atoms with Gasteiger partial charge < -0.3 is 14.8 Å². The summed E-state index contributed by atoms with van der Waals surface area (Å²) in [6, 6.07) is 2.28. The first-order chi connectivity index (χ1) is 17.5. The number of aryl methyl sites for hydroxylation is 1. The number of piperidine rings is 1. The molecule has 196 valence electrons. The van der Waals surface area contributed by atoms with E-state index in [-0.39, 0.29) is 69.2 Å². The number of anilines is 2. The van der Waals surface area contributed by atoms with Gasteiger partial charge in [0.05, 0.1) is 23.2 Å². The summed E-state index contributed by atoms with van der Waals surface area (Å²) < 4.78 is 16.8. The Morgan fingerprint density at radius 1 is 1.11 bits per heavy atom. The number of hydrogen-bond acceptors (Lipinski definition) is 9. The Kier molecular flexibility index (Phi) is 6.06. The Balaban J connectivity index is 1.28. The molecule has 0 radical (unpaired) electrons. The fraction of sp³-hybridized carbons (Fsp3) is 0.478. The third kappa shape index (κ3) is 4.59. The number of aliphatic hydroxyl groups is 1. The first kappa shape index (κ1) is 24.6. The normalized spacial score (nSPS) is 20.1. The molecule has 3 fully saturated rings. The van der Waals surface area contributed by atoms with E-state index in [1.54, 1.807) is 18.0 Å². The quantitative estimate of drug-likeness (QED) is 0.540. The first-order valence-electron chi connectivity index (χ1n) is 11.9. The van der Waals surface area contributed by atoms with Gasteiger partial charge in [0.15, 0.2) is 5.82 Å². The second-order valence-corrected chi connectivity index (χ2v) is 9.46. The Labute approximate surface area is 209 Å². The van der Waals surface area contributed by atoms with Gasteiger partial charge in [0.2, 0.25) is 5.91 Å². The highest BCUT2D eigenvalue weighted by Crippen LogP contribution is 2.35. The van der Waals surface area contributed by atoms with Crippen LogP contribution in [-0.4, -0.2) is 74.9 Å². The predicted molar refractivity (Wildman–Crippen MR) is 124 cm³/mol. The molecule has 1 aromatic carbocycles. The van der Waals surface area contributed by atoms with Crippen molar-refractivity contribution in [2.45, 2.75) is 44.1 Å². The van der Waals surface area contributed by atoms with Crippen LogP contribution in [0.4, 0.5) is 20.7 Å². The third-order valence-electron chi connectivity index (χ3n) is 6.92. The summed E-state index contributed by atoms with van der Waals surface area (Å²) in [5, 5.41) is 18.3. The molecule has 0 saturated carbocycles. The van der Waals surface area contributed by atoms with Crippen molar-refractivity contribution in [3.63, 3.8) is 0 Å². The molecule has 2 aromatic rings. The lowest BCUT2D eigenvalue weighted by Gasteiger charge is -2.39. The zero-order chi connectivity index (χ0) is 26.5. The van der Waals surface area contributed by atoms with Crippen molar-refractivity contribution < 1.29 is 38.3 Å². The minimum absolute atomic E-state index is 0.0235. The minimum Gasteiger partial charge on any atom is -0.389 e. The minimum atomic E-state index is -1.43. The molecule has 2 N–H and O–H groups in total. The Morgan fingerprint density at radius 3 is 2.43 bits per heavy atom. The van der Waals surface area contributed by atoms with Gasteiger partial charge >= 0.3 is 12.0 Å². The molecule has 13 nitrogen and oxygen atoms in total. The summed E-state index contributed by atoms with van der Waals surface area (Å²) in [6.07, 6.45) is -0.0983. The molecule has 0 unspecified atom stereocenters. The number of aromatic nitrogens is 2. The van der Waals surface area contributed by atoms with Gasteiger partial charge in [-0.25, -0.2) is 14.0 Å².